The van der Waals surface area contributed by atoms with Gasteiger partial charge in [0, 0.05) is 19.5 Å². The first-order valence-electron chi connectivity index (χ1n) is 3.90. The predicted molar refractivity (Wildman–Crippen MR) is 50.0 cm³/mol. The molecule has 0 saturated carbocycles. The van der Waals surface area contributed by atoms with Crippen LogP contribution < -0.4 is 11.1 Å². The molecule has 1 aromatic carbocycles. The molecule has 72 valence electrons. The molecule has 0 aromatic heterocycles. The van der Waals surface area contributed by atoms with E-state index in [0.29, 0.717) is 11.4 Å². The second-order valence-electron chi connectivity index (χ2n) is 2.94. The molecule has 1 aromatic rings. The van der Waals surface area contributed by atoms with E-state index in [2.05, 4.69) is 5.32 Å². The molecule has 0 heterocycles. The van der Waals surface area contributed by atoms with Crippen LogP contribution in [-0.2, 0) is 5.92 Å². The zero-order valence-electron chi connectivity index (χ0n) is 7.57. The van der Waals surface area contributed by atoms with Gasteiger partial charge in [0.2, 0.25) is 0 Å². The number of hydrogen-bond acceptors (Lipinski definition) is 2. The molecule has 0 amide bonds. The number of nitrogen functional groups attached to an aromatic ring is 1. The van der Waals surface area contributed by atoms with Crippen molar-refractivity contribution in [2.45, 2.75) is 12.8 Å². The van der Waals surface area contributed by atoms with Crippen LogP contribution in [0.5, 0.6) is 0 Å². The lowest BCUT2D eigenvalue weighted by molar-refractivity contribution is 0.0175. The maximum absolute atomic E-state index is 12.8. The quantitative estimate of drug-likeness (QED) is 0.696. The van der Waals surface area contributed by atoms with Crippen molar-refractivity contribution >= 4 is 11.4 Å². The van der Waals surface area contributed by atoms with E-state index in [0.717, 1.165) is 6.92 Å². The highest BCUT2D eigenvalue weighted by atomic mass is 19.3. The summed E-state index contributed by atoms with van der Waals surface area (Å²) in [6.45, 7) is 0.859. The lowest BCUT2D eigenvalue weighted by atomic mass is 10.1. The van der Waals surface area contributed by atoms with Crippen LogP contribution in [0.3, 0.4) is 0 Å². The van der Waals surface area contributed by atoms with Gasteiger partial charge < -0.3 is 11.1 Å². The van der Waals surface area contributed by atoms with E-state index in [9.17, 15) is 8.78 Å². The molecule has 0 aliphatic carbocycles. The zero-order valence-corrected chi connectivity index (χ0v) is 7.57. The number of nitrogens with one attached hydrogen (secondary N) is 1. The van der Waals surface area contributed by atoms with Crippen LogP contribution >= 0.6 is 0 Å². The molecule has 2 nitrogen and oxygen atoms in total. The molecule has 0 aliphatic rings. The van der Waals surface area contributed by atoms with Gasteiger partial charge >= 0.3 is 0 Å². The molecular weight excluding hydrogens is 174 g/mol. The van der Waals surface area contributed by atoms with Crippen LogP contribution in [0.4, 0.5) is 20.2 Å². The fourth-order valence-corrected chi connectivity index (χ4v) is 1.05. The Hall–Kier alpha value is -1.32. The Kier molecular flexibility index (Phi) is 2.40. The summed E-state index contributed by atoms with van der Waals surface area (Å²) in [4.78, 5) is 0. The fourth-order valence-electron chi connectivity index (χ4n) is 1.05. The SMILES string of the molecule is CNc1cc(C(C)(F)F)ccc1N. The van der Waals surface area contributed by atoms with Crippen molar-refractivity contribution in [1.29, 1.82) is 0 Å². The van der Waals surface area contributed by atoms with Crippen LogP contribution in [0.15, 0.2) is 18.2 Å². The standard InChI is InChI=1S/C9H12F2N2/c1-9(10,11)6-3-4-7(12)8(5-6)13-2/h3-5,13H,12H2,1-2H3. The van der Waals surface area contributed by atoms with Crippen LogP contribution in [-0.4, -0.2) is 7.05 Å². The van der Waals surface area contributed by atoms with Crippen molar-refractivity contribution in [2.75, 3.05) is 18.1 Å². The Labute approximate surface area is 75.7 Å². The summed E-state index contributed by atoms with van der Waals surface area (Å²) < 4.78 is 25.7. The van der Waals surface area contributed by atoms with Crippen LogP contribution in [0.25, 0.3) is 0 Å². The number of rotatable bonds is 2. The van der Waals surface area contributed by atoms with Gasteiger partial charge in [0.15, 0.2) is 0 Å². The molecule has 0 spiro atoms. The topological polar surface area (TPSA) is 38.0 Å². The average Bonchev–Trinajstić information content (AvgIpc) is 2.03. The van der Waals surface area contributed by atoms with Crippen molar-refractivity contribution < 1.29 is 8.78 Å². The fraction of sp³-hybridized carbons (Fsp3) is 0.333. The van der Waals surface area contributed by atoms with Crippen molar-refractivity contribution in [3.8, 4) is 0 Å². The summed E-state index contributed by atoms with van der Waals surface area (Å²) in [5.74, 6) is -2.82. The molecule has 13 heavy (non-hydrogen) atoms. The molecule has 0 atom stereocenters. The normalized spacial score (nSPS) is 11.4. The molecule has 0 unspecified atom stereocenters. The largest absolute Gasteiger partial charge is 0.397 e. The third-order valence-electron chi connectivity index (χ3n) is 1.83. The van der Waals surface area contributed by atoms with Crippen molar-refractivity contribution in [2.24, 2.45) is 0 Å². The summed E-state index contributed by atoms with van der Waals surface area (Å²) >= 11 is 0. The van der Waals surface area contributed by atoms with Crippen LogP contribution in [0, 0.1) is 0 Å². The highest BCUT2D eigenvalue weighted by Gasteiger charge is 2.24. The molecular formula is C9H12F2N2. The Bertz CT molecular complexity index is 305. The molecule has 0 radical (unpaired) electrons. The summed E-state index contributed by atoms with van der Waals surface area (Å²) in [5.41, 5.74) is 6.49. The maximum Gasteiger partial charge on any atom is 0.270 e. The third kappa shape index (κ3) is 2.08. The average molecular weight is 186 g/mol. The van der Waals surface area contributed by atoms with E-state index < -0.39 is 5.92 Å². The first-order chi connectivity index (χ1) is 5.95. The Morgan fingerprint density at radius 3 is 2.46 bits per heavy atom. The van der Waals surface area contributed by atoms with E-state index in [1.807, 2.05) is 0 Å². The second kappa shape index (κ2) is 3.20. The molecule has 3 N–H and O–H groups in total. The van der Waals surface area contributed by atoms with E-state index in [1.54, 1.807) is 7.05 Å². The van der Waals surface area contributed by atoms with Gasteiger partial charge in [-0.3, -0.25) is 0 Å². The van der Waals surface area contributed by atoms with Crippen LogP contribution in [0.2, 0.25) is 0 Å². The first kappa shape index (κ1) is 9.77. The van der Waals surface area contributed by atoms with Gasteiger partial charge in [-0.15, -0.1) is 0 Å². The highest BCUT2D eigenvalue weighted by molar-refractivity contribution is 5.67. The van der Waals surface area contributed by atoms with Crippen molar-refractivity contribution in [3.63, 3.8) is 0 Å². The van der Waals surface area contributed by atoms with Gasteiger partial charge in [-0.2, -0.15) is 0 Å². The number of anilines is 2. The minimum Gasteiger partial charge on any atom is -0.397 e. The summed E-state index contributed by atoms with van der Waals surface area (Å²) in [6.07, 6.45) is 0. The smallest absolute Gasteiger partial charge is 0.270 e. The van der Waals surface area contributed by atoms with Gasteiger partial charge in [0.25, 0.3) is 5.92 Å². The number of benzene rings is 1. The van der Waals surface area contributed by atoms with E-state index in [1.165, 1.54) is 18.2 Å². The first-order valence-corrected chi connectivity index (χ1v) is 3.90. The zero-order chi connectivity index (χ0) is 10.1. The number of hydrogen-bond donors (Lipinski definition) is 2. The lowest BCUT2D eigenvalue weighted by Gasteiger charge is -2.13. The lowest BCUT2D eigenvalue weighted by Crippen LogP contribution is -2.08. The molecule has 1 rings (SSSR count). The molecule has 0 saturated heterocycles. The Balaban J connectivity index is 3.14. The Morgan fingerprint density at radius 1 is 1.38 bits per heavy atom. The molecule has 4 heteroatoms. The molecule has 0 aliphatic heterocycles. The van der Waals surface area contributed by atoms with E-state index in [-0.39, 0.29) is 5.56 Å². The van der Waals surface area contributed by atoms with Crippen molar-refractivity contribution in [3.05, 3.63) is 23.8 Å². The summed E-state index contributed by atoms with van der Waals surface area (Å²) in [5, 5.41) is 2.75. The number of alkyl halides is 2. The van der Waals surface area contributed by atoms with Crippen molar-refractivity contribution in [1.82, 2.24) is 0 Å². The monoisotopic (exact) mass is 186 g/mol. The molecule has 0 fully saturated rings. The minimum absolute atomic E-state index is 0.0361. The highest BCUT2D eigenvalue weighted by Crippen LogP contribution is 2.30. The maximum atomic E-state index is 12.8. The number of nitrogens with two attached hydrogens (primary N) is 1. The minimum atomic E-state index is -2.82. The van der Waals surface area contributed by atoms with Gasteiger partial charge in [0.1, 0.15) is 0 Å². The van der Waals surface area contributed by atoms with Gasteiger partial charge in [-0.25, -0.2) is 8.78 Å². The van der Waals surface area contributed by atoms with E-state index >= 15 is 0 Å². The van der Waals surface area contributed by atoms with Crippen LogP contribution in [0.1, 0.15) is 12.5 Å². The van der Waals surface area contributed by atoms with E-state index in [4.69, 9.17) is 5.73 Å². The number of halogens is 2. The summed E-state index contributed by atoms with van der Waals surface area (Å²) in [6, 6.07) is 4.16. The second-order valence-corrected chi connectivity index (χ2v) is 2.94. The molecule has 0 bridgehead atoms. The van der Waals surface area contributed by atoms with Gasteiger partial charge in [0.05, 0.1) is 11.4 Å². The summed E-state index contributed by atoms with van der Waals surface area (Å²) in [7, 11) is 1.64. The predicted octanol–water partition coefficient (Wildman–Crippen LogP) is 2.42. The van der Waals surface area contributed by atoms with Gasteiger partial charge in [-0.05, 0) is 12.1 Å². The Morgan fingerprint density at radius 2 is 2.00 bits per heavy atom. The third-order valence-corrected chi connectivity index (χ3v) is 1.83. The van der Waals surface area contributed by atoms with Gasteiger partial charge in [-0.1, -0.05) is 6.07 Å².